The molecule has 0 radical (unpaired) electrons. The van der Waals surface area contributed by atoms with Crippen LogP contribution in [0.2, 0.25) is 0 Å². The zero-order chi connectivity index (χ0) is 13.9. The molecule has 1 nitrogen and oxygen atoms in total. The summed E-state index contributed by atoms with van der Waals surface area (Å²) in [5, 5.41) is 0. The van der Waals surface area contributed by atoms with Crippen LogP contribution in [-0.2, 0) is 0 Å². The van der Waals surface area contributed by atoms with Crippen molar-refractivity contribution in [1.29, 1.82) is 0 Å². The molecular weight excluding hydrogens is 230 g/mol. The van der Waals surface area contributed by atoms with Gasteiger partial charge in [-0.1, -0.05) is 46.5 Å². The highest BCUT2D eigenvalue weighted by Crippen LogP contribution is 2.44. The molecule has 112 valence electrons. The van der Waals surface area contributed by atoms with E-state index in [0.717, 1.165) is 23.7 Å². The average molecular weight is 265 g/mol. The third kappa shape index (κ3) is 3.97. The summed E-state index contributed by atoms with van der Waals surface area (Å²) in [5.41, 5.74) is 7.09. The Morgan fingerprint density at radius 2 is 1.68 bits per heavy atom. The van der Waals surface area contributed by atoms with Gasteiger partial charge in [0.05, 0.1) is 0 Å². The van der Waals surface area contributed by atoms with E-state index >= 15 is 0 Å². The van der Waals surface area contributed by atoms with Crippen LogP contribution in [-0.4, -0.2) is 5.54 Å². The summed E-state index contributed by atoms with van der Waals surface area (Å²) in [4.78, 5) is 0. The van der Waals surface area contributed by atoms with Crippen LogP contribution in [0.25, 0.3) is 0 Å². The van der Waals surface area contributed by atoms with Crippen LogP contribution in [0.4, 0.5) is 0 Å². The van der Waals surface area contributed by atoms with E-state index in [9.17, 15) is 0 Å². The molecule has 0 aromatic carbocycles. The van der Waals surface area contributed by atoms with Crippen molar-refractivity contribution in [3.05, 3.63) is 0 Å². The number of hydrogen-bond acceptors (Lipinski definition) is 1. The smallest absolute Gasteiger partial charge is 0.0183 e. The second kappa shape index (κ2) is 6.61. The maximum atomic E-state index is 6.92. The first-order valence-corrected chi connectivity index (χ1v) is 8.82. The fourth-order valence-corrected chi connectivity index (χ4v) is 4.98. The van der Waals surface area contributed by atoms with Crippen LogP contribution in [0, 0.1) is 23.7 Å². The second-order valence-electron chi connectivity index (χ2n) is 7.93. The van der Waals surface area contributed by atoms with Gasteiger partial charge in [-0.05, 0) is 62.2 Å². The zero-order valence-electron chi connectivity index (χ0n) is 13.5. The fourth-order valence-electron chi connectivity index (χ4n) is 4.98. The maximum absolute atomic E-state index is 6.92. The molecule has 0 aromatic heterocycles. The van der Waals surface area contributed by atoms with E-state index in [1.807, 2.05) is 0 Å². The molecule has 2 aliphatic rings. The summed E-state index contributed by atoms with van der Waals surface area (Å²) in [6.07, 6.45) is 13.8. The summed E-state index contributed by atoms with van der Waals surface area (Å²) in [6.45, 7) is 7.19. The highest BCUT2D eigenvalue weighted by atomic mass is 14.8. The monoisotopic (exact) mass is 265 g/mol. The zero-order valence-corrected chi connectivity index (χ0v) is 13.5. The van der Waals surface area contributed by atoms with Crippen molar-refractivity contribution < 1.29 is 0 Å². The van der Waals surface area contributed by atoms with Gasteiger partial charge in [-0.2, -0.15) is 0 Å². The van der Waals surface area contributed by atoms with Gasteiger partial charge in [0.25, 0.3) is 0 Å². The van der Waals surface area contributed by atoms with Gasteiger partial charge in [0.2, 0.25) is 0 Å². The summed E-state index contributed by atoms with van der Waals surface area (Å²) in [6, 6.07) is 0. The third-order valence-electron chi connectivity index (χ3n) is 5.96. The molecule has 0 aliphatic heterocycles. The maximum Gasteiger partial charge on any atom is 0.0183 e. The summed E-state index contributed by atoms with van der Waals surface area (Å²) in [7, 11) is 0. The molecular formula is C18H35N. The Labute approximate surface area is 120 Å². The van der Waals surface area contributed by atoms with E-state index in [1.165, 1.54) is 64.2 Å². The number of nitrogens with two attached hydrogens (primary N) is 1. The Hall–Kier alpha value is -0.0400. The molecule has 4 atom stereocenters. The molecule has 0 aromatic rings. The minimum atomic E-state index is 0.172. The van der Waals surface area contributed by atoms with E-state index in [-0.39, 0.29) is 5.54 Å². The molecule has 4 unspecified atom stereocenters. The SMILES string of the molecule is CCCC1CCCC(N)(C2CC(C)CC(C)C2)CC1. The van der Waals surface area contributed by atoms with E-state index in [0.29, 0.717) is 0 Å². The van der Waals surface area contributed by atoms with Crippen molar-refractivity contribution >= 4 is 0 Å². The number of hydrogen-bond donors (Lipinski definition) is 1. The quantitative estimate of drug-likeness (QED) is 0.703. The second-order valence-corrected chi connectivity index (χ2v) is 7.93. The highest BCUT2D eigenvalue weighted by molar-refractivity contribution is 4.96. The van der Waals surface area contributed by atoms with Gasteiger partial charge in [-0.25, -0.2) is 0 Å². The van der Waals surface area contributed by atoms with E-state index in [1.54, 1.807) is 0 Å². The minimum absolute atomic E-state index is 0.172. The van der Waals surface area contributed by atoms with Crippen molar-refractivity contribution in [1.82, 2.24) is 0 Å². The molecule has 2 rings (SSSR count). The fraction of sp³-hybridized carbons (Fsp3) is 1.00. The lowest BCUT2D eigenvalue weighted by atomic mass is 9.66. The van der Waals surface area contributed by atoms with E-state index < -0.39 is 0 Å². The molecule has 0 saturated heterocycles. The van der Waals surface area contributed by atoms with E-state index in [4.69, 9.17) is 5.73 Å². The van der Waals surface area contributed by atoms with Gasteiger partial charge in [0, 0.05) is 5.54 Å². The molecule has 0 bridgehead atoms. The molecule has 1 heteroatoms. The molecule has 0 amide bonds. The van der Waals surface area contributed by atoms with Gasteiger partial charge in [0.1, 0.15) is 0 Å². The van der Waals surface area contributed by atoms with Crippen LogP contribution in [0.15, 0.2) is 0 Å². The van der Waals surface area contributed by atoms with Crippen molar-refractivity contribution in [2.24, 2.45) is 29.4 Å². The Balaban J connectivity index is 1.97. The minimum Gasteiger partial charge on any atom is -0.325 e. The predicted octanol–water partition coefficient (Wildman–Crippen LogP) is 5.14. The average Bonchev–Trinajstić information content (AvgIpc) is 2.52. The first-order chi connectivity index (χ1) is 9.03. The van der Waals surface area contributed by atoms with Crippen LogP contribution < -0.4 is 5.73 Å². The molecule has 2 fully saturated rings. The Kier molecular flexibility index (Phi) is 5.34. The first kappa shape index (κ1) is 15.4. The van der Waals surface area contributed by atoms with E-state index in [2.05, 4.69) is 20.8 Å². The van der Waals surface area contributed by atoms with Crippen molar-refractivity contribution in [3.8, 4) is 0 Å². The van der Waals surface area contributed by atoms with Gasteiger partial charge < -0.3 is 5.73 Å². The summed E-state index contributed by atoms with van der Waals surface area (Å²) in [5.74, 6) is 3.55. The first-order valence-electron chi connectivity index (χ1n) is 8.82. The van der Waals surface area contributed by atoms with Gasteiger partial charge in [-0.15, -0.1) is 0 Å². The van der Waals surface area contributed by atoms with Crippen LogP contribution in [0.1, 0.15) is 85.0 Å². The lowest BCUT2D eigenvalue weighted by Gasteiger charge is -2.43. The Morgan fingerprint density at radius 3 is 2.32 bits per heavy atom. The van der Waals surface area contributed by atoms with Crippen LogP contribution in [0.3, 0.4) is 0 Å². The Bertz CT molecular complexity index is 265. The molecule has 2 aliphatic carbocycles. The third-order valence-corrected chi connectivity index (χ3v) is 5.96. The molecule has 0 spiro atoms. The van der Waals surface area contributed by atoms with Gasteiger partial charge >= 0.3 is 0 Å². The predicted molar refractivity (Wildman–Crippen MR) is 84.1 cm³/mol. The van der Waals surface area contributed by atoms with Crippen molar-refractivity contribution in [2.75, 3.05) is 0 Å². The topological polar surface area (TPSA) is 26.0 Å². The normalized spacial score (nSPS) is 44.8. The highest BCUT2D eigenvalue weighted by Gasteiger charge is 2.39. The largest absolute Gasteiger partial charge is 0.325 e. The van der Waals surface area contributed by atoms with Crippen molar-refractivity contribution in [2.45, 2.75) is 90.5 Å². The molecule has 2 saturated carbocycles. The molecule has 0 heterocycles. The molecule has 2 N–H and O–H groups in total. The summed E-state index contributed by atoms with van der Waals surface area (Å²) < 4.78 is 0. The van der Waals surface area contributed by atoms with Gasteiger partial charge in [-0.3, -0.25) is 0 Å². The Morgan fingerprint density at radius 1 is 1.00 bits per heavy atom. The summed E-state index contributed by atoms with van der Waals surface area (Å²) >= 11 is 0. The molecule has 19 heavy (non-hydrogen) atoms. The lowest BCUT2D eigenvalue weighted by Crippen LogP contribution is -2.49. The number of rotatable bonds is 3. The van der Waals surface area contributed by atoms with Crippen molar-refractivity contribution in [3.63, 3.8) is 0 Å². The van der Waals surface area contributed by atoms with Crippen LogP contribution >= 0.6 is 0 Å². The van der Waals surface area contributed by atoms with Gasteiger partial charge in [0.15, 0.2) is 0 Å². The standard InChI is InChI=1S/C18H35N/c1-4-6-16-7-5-9-18(19,10-8-16)17-12-14(2)11-15(3)13-17/h14-17H,4-13,19H2,1-3H3. The van der Waals surface area contributed by atoms with Crippen LogP contribution in [0.5, 0.6) is 0 Å². The lowest BCUT2D eigenvalue weighted by molar-refractivity contribution is 0.121.